The molecule has 0 aliphatic heterocycles. The molecule has 0 amide bonds. The maximum Gasteiger partial charge on any atom is 0.191 e. The fourth-order valence-electron chi connectivity index (χ4n) is 2.41. The first-order valence-electron chi connectivity index (χ1n) is 8.48. The van der Waals surface area contributed by atoms with E-state index in [1.54, 1.807) is 7.05 Å². The van der Waals surface area contributed by atoms with E-state index >= 15 is 0 Å². The zero-order valence-electron chi connectivity index (χ0n) is 14.9. The van der Waals surface area contributed by atoms with Gasteiger partial charge in [0.1, 0.15) is 5.75 Å². The third-order valence-corrected chi connectivity index (χ3v) is 3.65. The molecule has 0 bridgehead atoms. The number of nitrogens with one attached hydrogen (secondary N) is 2. The molecule has 0 atom stereocenters. The highest BCUT2D eigenvalue weighted by atomic mass is 16.5. The van der Waals surface area contributed by atoms with Gasteiger partial charge in [0.2, 0.25) is 0 Å². The highest BCUT2D eigenvalue weighted by Gasteiger charge is 2.01. The second-order valence-electron chi connectivity index (χ2n) is 5.78. The van der Waals surface area contributed by atoms with Crippen LogP contribution in [-0.2, 0) is 20.0 Å². The summed E-state index contributed by atoms with van der Waals surface area (Å²) < 4.78 is 7.72. The van der Waals surface area contributed by atoms with Crippen LogP contribution in [0.15, 0.2) is 47.7 Å². The van der Waals surface area contributed by atoms with Gasteiger partial charge >= 0.3 is 0 Å². The summed E-state index contributed by atoms with van der Waals surface area (Å²) in [4.78, 5) is 4.26. The third-order valence-electron chi connectivity index (χ3n) is 3.65. The normalized spacial score (nSPS) is 11.4. The molecule has 5 heteroatoms. The fraction of sp³-hybridized carbons (Fsp3) is 0.421. The van der Waals surface area contributed by atoms with Crippen molar-refractivity contribution in [3.63, 3.8) is 0 Å². The second-order valence-corrected chi connectivity index (χ2v) is 5.78. The molecule has 2 N–H and O–H groups in total. The van der Waals surface area contributed by atoms with Crippen LogP contribution in [0, 0.1) is 0 Å². The lowest BCUT2D eigenvalue weighted by molar-refractivity contribution is 0.317. The Hall–Kier alpha value is -2.43. The van der Waals surface area contributed by atoms with Gasteiger partial charge in [0.15, 0.2) is 5.96 Å². The van der Waals surface area contributed by atoms with Gasteiger partial charge in [0, 0.05) is 39.6 Å². The number of benzene rings is 1. The monoisotopic (exact) mass is 328 g/mol. The van der Waals surface area contributed by atoms with Crippen LogP contribution in [0.25, 0.3) is 0 Å². The average molecular weight is 328 g/mol. The van der Waals surface area contributed by atoms with Crippen LogP contribution in [0.5, 0.6) is 5.75 Å². The number of hydrogen-bond acceptors (Lipinski definition) is 2. The lowest BCUT2D eigenvalue weighted by atomic mass is 10.1. The van der Waals surface area contributed by atoms with Crippen molar-refractivity contribution in [1.29, 1.82) is 0 Å². The first kappa shape index (κ1) is 17.9. The van der Waals surface area contributed by atoms with Crippen LogP contribution in [0.3, 0.4) is 0 Å². The number of hydrogen-bond donors (Lipinski definition) is 2. The van der Waals surface area contributed by atoms with Gasteiger partial charge in [-0.3, -0.25) is 4.99 Å². The topological polar surface area (TPSA) is 50.6 Å². The van der Waals surface area contributed by atoms with E-state index in [-0.39, 0.29) is 0 Å². The van der Waals surface area contributed by atoms with Gasteiger partial charge < -0.3 is 19.9 Å². The predicted molar refractivity (Wildman–Crippen MR) is 99.5 cm³/mol. The van der Waals surface area contributed by atoms with Gasteiger partial charge in [-0.05, 0) is 42.2 Å². The number of ether oxygens (including phenoxy) is 1. The van der Waals surface area contributed by atoms with E-state index in [0.717, 1.165) is 44.2 Å². The number of guanidine groups is 1. The van der Waals surface area contributed by atoms with Crippen molar-refractivity contribution in [3.8, 4) is 5.75 Å². The van der Waals surface area contributed by atoms with E-state index in [0.29, 0.717) is 0 Å². The van der Waals surface area contributed by atoms with Crippen LogP contribution in [-0.4, -0.2) is 30.7 Å². The lowest BCUT2D eigenvalue weighted by Gasteiger charge is -2.12. The van der Waals surface area contributed by atoms with Gasteiger partial charge in [-0.15, -0.1) is 0 Å². The molecule has 2 rings (SSSR count). The van der Waals surface area contributed by atoms with Crippen molar-refractivity contribution in [1.82, 2.24) is 15.2 Å². The number of nitrogens with zero attached hydrogens (tertiary/aromatic N) is 2. The summed E-state index contributed by atoms with van der Waals surface area (Å²) in [5.41, 5.74) is 2.50. The Labute approximate surface area is 144 Å². The van der Waals surface area contributed by atoms with Crippen LogP contribution < -0.4 is 15.4 Å². The largest absolute Gasteiger partial charge is 0.494 e. The van der Waals surface area contributed by atoms with Crippen molar-refractivity contribution in [2.24, 2.45) is 12.0 Å². The summed E-state index contributed by atoms with van der Waals surface area (Å²) in [6, 6.07) is 10.4. The maximum atomic E-state index is 5.68. The quantitative estimate of drug-likeness (QED) is 0.579. The standard InChI is InChI=1S/C19H28N4O/c1-4-12-24-18-7-5-6-16(13-18)8-10-21-19(20-2)22-14-17-9-11-23(3)15-17/h5-7,9,11,13,15H,4,8,10,12,14H2,1-3H3,(H2,20,21,22). The first-order valence-corrected chi connectivity index (χ1v) is 8.48. The first-order chi connectivity index (χ1) is 11.7. The number of aliphatic imine (C=N–C) groups is 1. The summed E-state index contributed by atoms with van der Waals surface area (Å²) in [5.74, 6) is 1.76. The van der Waals surface area contributed by atoms with Crippen molar-refractivity contribution in [3.05, 3.63) is 53.9 Å². The minimum Gasteiger partial charge on any atom is -0.494 e. The summed E-state index contributed by atoms with van der Waals surface area (Å²) in [6.45, 7) is 4.46. The van der Waals surface area contributed by atoms with E-state index in [1.807, 2.05) is 29.9 Å². The van der Waals surface area contributed by atoms with Crippen molar-refractivity contribution >= 4 is 5.96 Å². The number of aryl methyl sites for hydroxylation is 1. The molecule has 1 heterocycles. The molecule has 5 nitrogen and oxygen atoms in total. The molecule has 2 aromatic rings. The Morgan fingerprint density at radius 2 is 2.08 bits per heavy atom. The van der Waals surface area contributed by atoms with Gasteiger partial charge in [-0.1, -0.05) is 19.1 Å². The molecule has 0 unspecified atom stereocenters. The molecule has 1 aromatic heterocycles. The Kier molecular flexibility index (Phi) is 7.21. The Balaban J connectivity index is 1.75. The molecule has 130 valence electrons. The van der Waals surface area contributed by atoms with Crippen LogP contribution in [0.1, 0.15) is 24.5 Å². The molecule has 24 heavy (non-hydrogen) atoms. The van der Waals surface area contributed by atoms with Gasteiger partial charge in [0.25, 0.3) is 0 Å². The molecular weight excluding hydrogens is 300 g/mol. The fourth-order valence-corrected chi connectivity index (χ4v) is 2.41. The summed E-state index contributed by atoms with van der Waals surface area (Å²) in [7, 11) is 3.81. The Morgan fingerprint density at radius 1 is 1.21 bits per heavy atom. The average Bonchev–Trinajstić information content (AvgIpc) is 3.02. The van der Waals surface area contributed by atoms with Crippen LogP contribution >= 0.6 is 0 Å². The van der Waals surface area contributed by atoms with Gasteiger partial charge in [0.05, 0.1) is 6.61 Å². The summed E-state index contributed by atoms with van der Waals surface area (Å²) in [5, 5.41) is 6.67. The number of aromatic nitrogens is 1. The Morgan fingerprint density at radius 3 is 2.79 bits per heavy atom. The van der Waals surface area contributed by atoms with E-state index in [4.69, 9.17) is 4.74 Å². The van der Waals surface area contributed by atoms with E-state index in [2.05, 4.69) is 46.9 Å². The summed E-state index contributed by atoms with van der Waals surface area (Å²) >= 11 is 0. The third kappa shape index (κ3) is 5.99. The minimum absolute atomic E-state index is 0.762. The molecule has 0 fully saturated rings. The van der Waals surface area contributed by atoms with Gasteiger partial charge in [-0.2, -0.15) is 0 Å². The van der Waals surface area contributed by atoms with E-state index in [1.165, 1.54) is 11.1 Å². The number of rotatable bonds is 8. The zero-order valence-corrected chi connectivity index (χ0v) is 14.9. The predicted octanol–water partition coefficient (Wildman–Crippen LogP) is 2.72. The molecule has 0 radical (unpaired) electrons. The van der Waals surface area contributed by atoms with Crippen molar-refractivity contribution in [2.45, 2.75) is 26.3 Å². The lowest BCUT2D eigenvalue weighted by Crippen LogP contribution is -2.37. The zero-order chi connectivity index (χ0) is 17.2. The minimum atomic E-state index is 0.762. The summed E-state index contributed by atoms with van der Waals surface area (Å²) in [6.07, 6.45) is 6.09. The smallest absolute Gasteiger partial charge is 0.191 e. The SMILES string of the molecule is CCCOc1cccc(CCNC(=NC)NCc2ccn(C)c2)c1. The highest BCUT2D eigenvalue weighted by molar-refractivity contribution is 5.79. The molecule has 0 aliphatic carbocycles. The van der Waals surface area contributed by atoms with Gasteiger partial charge in [-0.25, -0.2) is 0 Å². The van der Waals surface area contributed by atoms with E-state index < -0.39 is 0 Å². The van der Waals surface area contributed by atoms with Crippen molar-refractivity contribution < 1.29 is 4.74 Å². The maximum absolute atomic E-state index is 5.68. The molecule has 1 aromatic carbocycles. The molecule has 0 saturated heterocycles. The van der Waals surface area contributed by atoms with Crippen molar-refractivity contribution in [2.75, 3.05) is 20.2 Å². The van der Waals surface area contributed by atoms with Crippen LogP contribution in [0.4, 0.5) is 0 Å². The molecule has 0 aliphatic rings. The molecule has 0 spiro atoms. The van der Waals surface area contributed by atoms with Crippen LogP contribution in [0.2, 0.25) is 0 Å². The Bertz CT molecular complexity index is 648. The molecule has 0 saturated carbocycles. The molecular formula is C19H28N4O. The highest BCUT2D eigenvalue weighted by Crippen LogP contribution is 2.13. The second kappa shape index (κ2) is 9.65. The van der Waals surface area contributed by atoms with E-state index in [9.17, 15) is 0 Å².